The first-order valence-electron chi connectivity index (χ1n) is 7.75. The monoisotopic (exact) mass is 351 g/mol. The van der Waals surface area contributed by atoms with E-state index in [1.807, 2.05) is 24.3 Å². The Morgan fingerprint density at radius 3 is 2.32 bits per heavy atom. The molecular weight excluding hydrogens is 334 g/mol. The second-order valence-corrected chi connectivity index (χ2v) is 7.30. The van der Waals surface area contributed by atoms with E-state index in [1.54, 1.807) is 48.5 Å². The largest absolute Gasteiger partial charge is 0.295 e. The number of ketones is 1. The van der Waals surface area contributed by atoms with Gasteiger partial charge < -0.3 is 0 Å². The summed E-state index contributed by atoms with van der Waals surface area (Å²) in [5.41, 5.74) is 1.29. The Bertz CT molecular complexity index is 1050. The van der Waals surface area contributed by atoms with Crippen LogP contribution in [0.15, 0.2) is 77.7 Å². The maximum atomic E-state index is 12.7. The molecule has 25 heavy (non-hydrogen) atoms. The Hall–Kier alpha value is -2.92. The first kappa shape index (κ1) is 16.9. The molecule has 0 aliphatic rings. The van der Waals surface area contributed by atoms with E-state index in [4.69, 9.17) is 0 Å². The topological polar surface area (TPSA) is 63.2 Å². The minimum Gasteiger partial charge on any atom is -0.295 e. The molecule has 0 amide bonds. The predicted octanol–water partition coefficient (Wildman–Crippen LogP) is 4.24. The maximum Gasteiger partial charge on any atom is 0.262 e. The van der Waals surface area contributed by atoms with Crippen LogP contribution in [0.1, 0.15) is 12.5 Å². The molecular formula is C20H17NO3S. The van der Waals surface area contributed by atoms with Gasteiger partial charge in [-0.2, -0.15) is 0 Å². The van der Waals surface area contributed by atoms with Gasteiger partial charge in [-0.05, 0) is 42.1 Å². The van der Waals surface area contributed by atoms with E-state index in [1.165, 1.54) is 13.0 Å². The van der Waals surface area contributed by atoms with Crippen LogP contribution in [-0.2, 0) is 14.8 Å². The van der Waals surface area contributed by atoms with Gasteiger partial charge >= 0.3 is 0 Å². The molecule has 0 radical (unpaired) electrons. The van der Waals surface area contributed by atoms with Crippen LogP contribution in [0.4, 0.5) is 5.69 Å². The second-order valence-electron chi connectivity index (χ2n) is 5.65. The number of sulfonamides is 1. The second kappa shape index (κ2) is 6.91. The highest BCUT2D eigenvalue weighted by Gasteiger charge is 2.17. The summed E-state index contributed by atoms with van der Waals surface area (Å²) in [5.74, 6) is -0.0410. The average molecular weight is 351 g/mol. The summed E-state index contributed by atoms with van der Waals surface area (Å²) in [6.07, 6.45) is 3.15. The van der Waals surface area contributed by atoms with Gasteiger partial charge in [-0.1, -0.05) is 54.6 Å². The van der Waals surface area contributed by atoms with Crippen molar-refractivity contribution < 1.29 is 13.2 Å². The predicted molar refractivity (Wildman–Crippen MR) is 101 cm³/mol. The van der Waals surface area contributed by atoms with Gasteiger partial charge in [0.2, 0.25) is 0 Å². The number of rotatable bonds is 5. The molecule has 0 fully saturated rings. The summed E-state index contributed by atoms with van der Waals surface area (Å²) >= 11 is 0. The third-order valence-corrected chi connectivity index (χ3v) is 5.15. The third-order valence-electron chi connectivity index (χ3n) is 3.71. The zero-order chi connectivity index (χ0) is 17.9. The van der Waals surface area contributed by atoms with Crippen LogP contribution < -0.4 is 4.72 Å². The van der Waals surface area contributed by atoms with E-state index in [0.29, 0.717) is 11.1 Å². The van der Waals surface area contributed by atoms with Crippen molar-refractivity contribution in [3.05, 3.63) is 78.4 Å². The molecule has 1 N–H and O–H groups in total. The fraction of sp³-hybridized carbons (Fsp3) is 0.0500. The Morgan fingerprint density at radius 1 is 0.920 bits per heavy atom. The van der Waals surface area contributed by atoms with Crippen molar-refractivity contribution in [2.24, 2.45) is 0 Å². The molecule has 0 aliphatic heterocycles. The van der Waals surface area contributed by atoms with Crippen molar-refractivity contribution in [1.82, 2.24) is 0 Å². The van der Waals surface area contributed by atoms with Gasteiger partial charge in [0, 0.05) is 11.1 Å². The van der Waals surface area contributed by atoms with Crippen LogP contribution in [0, 0.1) is 0 Å². The highest BCUT2D eigenvalue weighted by atomic mass is 32.2. The quantitative estimate of drug-likeness (QED) is 0.699. The fourth-order valence-corrected chi connectivity index (χ4v) is 3.81. The van der Waals surface area contributed by atoms with E-state index in [-0.39, 0.29) is 10.7 Å². The van der Waals surface area contributed by atoms with Crippen molar-refractivity contribution >= 4 is 38.3 Å². The normalized spacial score (nSPS) is 11.7. The molecule has 0 spiro atoms. The van der Waals surface area contributed by atoms with Gasteiger partial charge in [-0.25, -0.2) is 8.42 Å². The zero-order valence-corrected chi connectivity index (χ0v) is 14.5. The number of allylic oxidation sites excluding steroid dienone is 1. The molecule has 3 rings (SSSR count). The van der Waals surface area contributed by atoms with Gasteiger partial charge in [0.05, 0.1) is 4.90 Å². The lowest BCUT2D eigenvalue weighted by Gasteiger charge is -2.10. The van der Waals surface area contributed by atoms with Crippen LogP contribution >= 0.6 is 0 Å². The van der Waals surface area contributed by atoms with E-state index in [9.17, 15) is 13.2 Å². The van der Waals surface area contributed by atoms with Crippen molar-refractivity contribution in [1.29, 1.82) is 0 Å². The van der Waals surface area contributed by atoms with E-state index in [2.05, 4.69) is 4.72 Å². The van der Waals surface area contributed by atoms with Crippen molar-refractivity contribution in [3.8, 4) is 0 Å². The lowest BCUT2D eigenvalue weighted by Crippen LogP contribution is -2.13. The SMILES string of the molecule is CC(=O)/C=C/c1ccc(NS(=O)(=O)c2cccc3ccccc23)cc1. The third kappa shape index (κ3) is 3.95. The lowest BCUT2D eigenvalue weighted by atomic mass is 10.1. The maximum absolute atomic E-state index is 12.7. The summed E-state index contributed by atoms with van der Waals surface area (Å²) < 4.78 is 28.1. The number of nitrogens with one attached hydrogen (secondary N) is 1. The van der Waals surface area contributed by atoms with Gasteiger partial charge in [-0.15, -0.1) is 0 Å². The molecule has 0 atom stereocenters. The lowest BCUT2D eigenvalue weighted by molar-refractivity contribution is -0.112. The summed E-state index contributed by atoms with van der Waals surface area (Å²) in [6, 6.07) is 19.4. The average Bonchev–Trinajstić information content (AvgIpc) is 2.60. The summed E-state index contributed by atoms with van der Waals surface area (Å²) in [7, 11) is -3.70. The Balaban J connectivity index is 1.90. The molecule has 5 heteroatoms. The number of hydrogen-bond donors (Lipinski definition) is 1. The number of hydrogen-bond acceptors (Lipinski definition) is 3. The molecule has 0 saturated carbocycles. The molecule has 0 aromatic heterocycles. The highest BCUT2D eigenvalue weighted by Crippen LogP contribution is 2.25. The van der Waals surface area contributed by atoms with Crippen LogP contribution in [0.25, 0.3) is 16.8 Å². The Kier molecular flexibility index (Phi) is 4.67. The molecule has 0 saturated heterocycles. The summed E-state index contributed by atoms with van der Waals surface area (Å²) in [4.78, 5) is 11.2. The van der Waals surface area contributed by atoms with E-state index < -0.39 is 10.0 Å². The van der Waals surface area contributed by atoms with Crippen molar-refractivity contribution in [2.75, 3.05) is 4.72 Å². The summed E-state index contributed by atoms with van der Waals surface area (Å²) in [6.45, 7) is 1.48. The van der Waals surface area contributed by atoms with Crippen LogP contribution in [0.2, 0.25) is 0 Å². The fourth-order valence-electron chi connectivity index (χ4n) is 2.52. The minimum absolute atomic E-state index is 0.0410. The van der Waals surface area contributed by atoms with Gasteiger partial charge in [0.25, 0.3) is 10.0 Å². The van der Waals surface area contributed by atoms with Gasteiger partial charge in [0.1, 0.15) is 0 Å². The number of carbonyl (C=O) groups excluding carboxylic acids is 1. The molecule has 0 unspecified atom stereocenters. The molecule has 126 valence electrons. The van der Waals surface area contributed by atoms with Crippen LogP contribution in [-0.4, -0.2) is 14.2 Å². The van der Waals surface area contributed by atoms with Crippen molar-refractivity contribution in [3.63, 3.8) is 0 Å². The molecule has 3 aromatic rings. The Labute approximate surface area is 146 Å². The number of anilines is 1. The summed E-state index contributed by atoms with van der Waals surface area (Å²) in [5, 5.41) is 1.55. The molecule has 0 bridgehead atoms. The van der Waals surface area contributed by atoms with Gasteiger partial charge in [0.15, 0.2) is 5.78 Å². The zero-order valence-electron chi connectivity index (χ0n) is 13.6. The molecule has 4 nitrogen and oxygen atoms in total. The van der Waals surface area contributed by atoms with E-state index in [0.717, 1.165) is 10.9 Å². The molecule has 0 aliphatic carbocycles. The minimum atomic E-state index is -3.70. The van der Waals surface area contributed by atoms with Crippen LogP contribution in [0.5, 0.6) is 0 Å². The van der Waals surface area contributed by atoms with Crippen LogP contribution in [0.3, 0.4) is 0 Å². The van der Waals surface area contributed by atoms with Crippen molar-refractivity contribution in [2.45, 2.75) is 11.8 Å². The Morgan fingerprint density at radius 2 is 1.60 bits per heavy atom. The standard InChI is InChI=1S/C20H17NO3S/c1-15(22)9-10-16-11-13-18(14-12-16)21-25(23,24)20-8-4-6-17-5-2-3-7-19(17)20/h2-14,21H,1H3/b10-9+. The first-order valence-corrected chi connectivity index (χ1v) is 9.23. The first-order chi connectivity index (χ1) is 12.0. The smallest absolute Gasteiger partial charge is 0.262 e. The molecule has 0 heterocycles. The molecule has 3 aromatic carbocycles. The number of fused-ring (bicyclic) bond motifs is 1. The number of carbonyl (C=O) groups is 1. The van der Waals surface area contributed by atoms with E-state index >= 15 is 0 Å². The number of benzene rings is 3. The van der Waals surface area contributed by atoms with Gasteiger partial charge in [-0.3, -0.25) is 9.52 Å². The highest BCUT2D eigenvalue weighted by molar-refractivity contribution is 7.93.